The monoisotopic (exact) mass is 684 g/mol. The maximum absolute atomic E-state index is 13.8. The largest absolute Gasteiger partial charge is 0.462 e. The molecule has 5 rings (SSSR count). The van der Waals surface area contributed by atoms with Gasteiger partial charge in [-0.2, -0.15) is 0 Å². The Morgan fingerprint density at radius 2 is 1.49 bits per heavy atom. The third-order valence-corrected chi connectivity index (χ3v) is 12.7. The second kappa shape index (κ2) is 12.2. The van der Waals surface area contributed by atoms with Crippen molar-refractivity contribution in [3.8, 4) is 0 Å². The number of allylic oxidation sites excluding steroid dienone is 3. The van der Waals surface area contributed by atoms with Crippen molar-refractivity contribution in [2.75, 3.05) is 0 Å². The summed E-state index contributed by atoms with van der Waals surface area (Å²) in [5, 5.41) is 0. The van der Waals surface area contributed by atoms with Gasteiger partial charge in [0.2, 0.25) is 6.29 Å². The molecule has 3 fully saturated rings. The van der Waals surface area contributed by atoms with E-state index in [1.807, 2.05) is 19.9 Å². The van der Waals surface area contributed by atoms with Gasteiger partial charge in [-0.25, -0.2) is 0 Å². The van der Waals surface area contributed by atoms with E-state index in [4.69, 9.17) is 23.7 Å². The lowest BCUT2D eigenvalue weighted by Gasteiger charge is -2.68. The molecule has 0 bridgehead atoms. The molecular formula is C38H52O11. The first-order valence-corrected chi connectivity index (χ1v) is 17.3. The quantitative estimate of drug-likeness (QED) is 0.206. The van der Waals surface area contributed by atoms with Crippen LogP contribution in [0.15, 0.2) is 23.8 Å². The number of Topliss-reactive ketones (excluding diaryl/α,β-unsaturated/α-hetero) is 1. The van der Waals surface area contributed by atoms with Crippen LogP contribution in [0.2, 0.25) is 0 Å². The zero-order valence-electron chi connectivity index (χ0n) is 30.7. The van der Waals surface area contributed by atoms with Gasteiger partial charge >= 0.3 is 23.9 Å². The maximum atomic E-state index is 13.8. The Morgan fingerprint density at radius 3 is 2.06 bits per heavy atom. The summed E-state index contributed by atoms with van der Waals surface area (Å²) in [6.45, 7) is 18.6. The van der Waals surface area contributed by atoms with E-state index < -0.39 is 81.7 Å². The molecule has 1 heterocycles. The van der Waals surface area contributed by atoms with Gasteiger partial charge in [-0.3, -0.25) is 28.8 Å². The molecule has 1 aliphatic heterocycles. The number of ether oxygens (including phenoxy) is 5. The van der Waals surface area contributed by atoms with Crippen LogP contribution in [0.25, 0.3) is 0 Å². The van der Waals surface area contributed by atoms with Crippen molar-refractivity contribution in [3.63, 3.8) is 0 Å². The molecule has 11 nitrogen and oxygen atoms in total. The minimum absolute atomic E-state index is 0.000732. The molecule has 270 valence electrons. The molecule has 2 saturated carbocycles. The van der Waals surface area contributed by atoms with E-state index in [1.54, 1.807) is 19.9 Å². The average Bonchev–Trinajstić information content (AvgIpc) is 3.28. The van der Waals surface area contributed by atoms with Crippen LogP contribution in [-0.4, -0.2) is 65.6 Å². The first kappa shape index (κ1) is 36.9. The molecule has 11 heteroatoms. The molecular weight excluding hydrogens is 632 g/mol. The fourth-order valence-electron chi connectivity index (χ4n) is 11.1. The van der Waals surface area contributed by atoms with Gasteiger partial charge < -0.3 is 23.7 Å². The lowest BCUT2D eigenvalue weighted by atomic mass is 9.37. The number of ketones is 2. The second-order valence-electron chi connectivity index (χ2n) is 16.7. The Labute approximate surface area is 288 Å². The van der Waals surface area contributed by atoms with Gasteiger partial charge in [0.1, 0.15) is 17.8 Å². The number of rotatable bonds is 6. The van der Waals surface area contributed by atoms with Crippen LogP contribution in [0.5, 0.6) is 0 Å². The topological polar surface area (TPSA) is 149 Å². The average molecular weight is 685 g/mol. The number of carbonyl (C=O) groups is 6. The molecule has 0 aromatic heterocycles. The standard InChI is InChI=1S/C38H52O11/c1-19(39)45-26-18-37(10)24(23-16-25(43)32(35(7,8)49-22(4)42)48-33(23)47-21(3)41)12-13-27(37)38(11)30(46-20(2)40)17-28-34(5,6)29(44)14-15-36(28,9)31(26)38/h13-15,23-24,26,28,30-33H,12,16-18H2,1-11H3. The Balaban J connectivity index is 1.62. The molecule has 0 spiro atoms. The van der Waals surface area contributed by atoms with Crippen molar-refractivity contribution in [1.82, 2.24) is 0 Å². The Bertz CT molecular complexity index is 1520. The van der Waals surface area contributed by atoms with E-state index in [9.17, 15) is 28.8 Å². The highest BCUT2D eigenvalue weighted by atomic mass is 16.7. The highest BCUT2D eigenvalue weighted by Gasteiger charge is 2.72. The van der Waals surface area contributed by atoms with Crippen LogP contribution < -0.4 is 0 Å². The van der Waals surface area contributed by atoms with Crippen molar-refractivity contribution >= 4 is 35.4 Å². The van der Waals surface area contributed by atoms with Crippen LogP contribution >= 0.6 is 0 Å². The minimum Gasteiger partial charge on any atom is -0.462 e. The summed E-state index contributed by atoms with van der Waals surface area (Å²) in [7, 11) is 0. The summed E-state index contributed by atoms with van der Waals surface area (Å²) < 4.78 is 29.9. The minimum atomic E-state index is -1.31. The number of hydrogen-bond donors (Lipinski definition) is 0. The van der Waals surface area contributed by atoms with Crippen molar-refractivity contribution in [2.24, 2.45) is 45.3 Å². The first-order valence-electron chi connectivity index (χ1n) is 17.3. The van der Waals surface area contributed by atoms with Crippen molar-refractivity contribution in [2.45, 2.75) is 132 Å². The number of carbonyl (C=O) groups excluding carboxylic acids is 6. The third-order valence-electron chi connectivity index (χ3n) is 12.7. The molecule has 11 atom stereocenters. The van der Waals surface area contributed by atoms with E-state index in [1.165, 1.54) is 27.7 Å². The van der Waals surface area contributed by atoms with Gasteiger partial charge in [-0.05, 0) is 61.9 Å². The zero-order valence-corrected chi connectivity index (χ0v) is 30.7. The van der Waals surface area contributed by atoms with E-state index in [0.29, 0.717) is 19.3 Å². The van der Waals surface area contributed by atoms with Gasteiger partial charge in [-0.15, -0.1) is 0 Å². The Kier molecular flexibility index (Phi) is 9.17. The molecule has 0 aromatic carbocycles. The predicted octanol–water partition coefficient (Wildman–Crippen LogP) is 5.23. The summed E-state index contributed by atoms with van der Waals surface area (Å²) >= 11 is 0. The lowest BCUT2D eigenvalue weighted by Crippen LogP contribution is -2.68. The van der Waals surface area contributed by atoms with Crippen LogP contribution in [0.4, 0.5) is 0 Å². The smallest absolute Gasteiger partial charge is 0.304 e. The predicted molar refractivity (Wildman–Crippen MR) is 175 cm³/mol. The van der Waals surface area contributed by atoms with Gasteiger partial charge in [0.15, 0.2) is 17.7 Å². The molecule has 0 N–H and O–H groups in total. The van der Waals surface area contributed by atoms with Gasteiger partial charge in [0, 0.05) is 56.8 Å². The number of hydrogen-bond acceptors (Lipinski definition) is 11. The van der Waals surface area contributed by atoms with Crippen molar-refractivity contribution < 1.29 is 52.5 Å². The molecule has 1 saturated heterocycles. The van der Waals surface area contributed by atoms with Gasteiger partial charge in [-0.1, -0.05) is 52.3 Å². The van der Waals surface area contributed by atoms with Crippen molar-refractivity contribution in [1.29, 1.82) is 0 Å². The number of esters is 4. The van der Waals surface area contributed by atoms with Crippen molar-refractivity contribution in [3.05, 3.63) is 23.8 Å². The fourth-order valence-corrected chi connectivity index (χ4v) is 11.1. The third kappa shape index (κ3) is 5.87. The molecule has 5 aliphatic rings. The summed E-state index contributed by atoms with van der Waals surface area (Å²) in [5.74, 6) is -3.79. The van der Waals surface area contributed by atoms with Gasteiger partial charge in [0.05, 0.1) is 0 Å². The summed E-state index contributed by atoms with van der Waals surface area (Å²) in [4.78, 5) is 77.0. The highest BCUT2D eigenvalue weighted by molar-refractivity contribution is 5.96. The van der Waals surface area contributed by atoms with E-state index in [0.717, 1.165) is 5.57 Å². The van der Waals surface area contributed by atoms with E-state index >= 15 is 0 Å². The van der Waals surface area contributed by atoms with Crippen LogP contribution in [-0.2, 0) is 52.5 Å². The summed E-state index contributed by atoms with van der Waals surface area (Å²) in [5.41, 5.74) is -3.19. The van der Waals surface area contributed by atoms with Crippen LogP contribution in [0.1, 0.15) is 102 Å². The van der Waals surface area contributed by atoms with Crippen LogP contribution in [0, 0.1) is 45.3 Å². The fraction of sp³-hybridized carbons (Fsp3) is 0.737. The molecule has 0 radical (unpaired) electrons. The summed E-state index contributed by atoms with van der Waals surface area (Å²) in [6.07, 6.45) is 3.53. The van der Waals surface area contributed by atoms with E-state index in [2.05, 4.69) is 26.8 Å². The molecule has 4 aliphatic carbocycles. The van der Waals surface area contributed by atoms with Crippen LogP contribution in [0.3, 0.4) is 0 Å². The number of fused-ring (bicyclic) bond motifs is 5. The normalized spacial score (nSPS) is 41.0. The zero-order chi connectivity index (χ0) is 36.6. The Morgan fingerprint density at radius 1 is 0.878 bits per heavy atom. The molecule has 0 aromatic rings. The first-order chi connectivity index (χ1) is 22.5. The van der Waals surface area contributed by atoms with E-state index in [-0.39, 0.29) is 35.7 Å². The summed E-state index contributed by atoms with van der Waals surface area (Å²) in [6, 6.07) is 0. The maximum Gasteiger partial charge on any atom is 0.304 e. The van der Waals surface area contributed by atoms with Gasteiger partial charge in [0.25, 0.3) is 0 Å². The SMILES string of the molecule is CC(=O)OC1CC2(C)C(=CCC2C2CC(=O)C(C(C)(C)OC(C)=O)OC2OC(C)=O)C2(C)C(OC(C)=O)CC3C(C)(C)C(=O)C=CC3(C)C12. The highest BCUT2D eigenvalue weighted by Crippen LogP contribution is 2.73. The molecule has 49 heavy (non-hydrogen) atoms. The second-order valence-corrected chi connectivity index (χ2v) is 16.7. The molecule has 11 unspecified atom stereocenters. The molecule has 0 amide bonds. The Hall–Kier alpha value is -3.34. The lowest BCUT2D eigenvalue weighted by molar-refractivity contribution is -0.254.